The van der Waals surface area contributed by atoms with E-state index >= 15 is 0 Å². The highest BCUT2D eigenvalue weighted by molar-refractivity contribution is 5.66. The summed E-state index contributed by atoms with van der Waals surface area (Å²) in [7, 11) is 0. The fourth-order valence-electron chi connectivity index (χ4n) is 1.97. The number of carbonyl (C=O) groups is 2. The molecule has 0 aliphatic carbocycles. The molecule has 6 heteroatoms. The van der Waals surface area contributed by atoms with Gasteiger partial charge in [0.05, 0.1) is 11.9 Å². The lowest BCUT2D eigenvalue weighted by molar-refractivity contribution is -0.157. The molecule has 0 amide bonds. The van der Waals surface area contributed by atoms with Gasteiger partial charge in [0.15, 0.2) is 12.2 Å². The van der Waals surface area contributed by atoms with Crippen molar-refractivity contribution in [1.82, 2.24) is 0 Å². The highest BCUT2D eigenvalue weighted by Crippen LogP contribution is 2.28. The van der Waals surface area contributed by atoms with Crippen LogP contribution >= 0.6 is 0 Å². The normalized spacial score (nSPS) is 29.7. The summed E-state index contributed by atoms with van der Waals surface area (Å²) in [5.41, 5.74) is 0. The maximum absolute atomic E-state index is 11.2. The second kappa shape index (κ2) is 6.56. The van der Waals surface area contributed by atoms with Gasteiger partial charge in [0.1, 0.15) is 12.7 Å². The number of carbonyl (C=O) groups excluding carboxylic acids is 2. The van der Waals surface area contributed by atoms with E-state index in [4.69, 9.17) is 18.9 Å². The molecular formula is C13H20O6. The second-order valence-corrected chi connectivity index (χ2v) is 4.54. The van der Waals surface area contributed by atoms with E-state index in [1.165, 1.54) is 13.8 Å². The summed E-state index contributed by atoms with van der Waals surface area (Å²) < 4.78 is 21.3. The molecule has 0 aromatic rings. The summed E-state index contributed by atoms with van der Waals surface area (Å²) >= 11 is 0. The summed E-state index contributed by atoms with van der Waals surface area (Å²) in [6.07, 6.45) is -1.90. The van der Waals surface area contributed by atoms with E-state index in [0.717, 1.165) is 0 Å². The van der Waals surface area contributed by atoms with Crippen LogP contribution in [0.1, 0.15) is 27.7 Å². The van der Waals surface area contributed by atoms with Crippen molar-refractivity contribution < 1.29 is 28.5 Å². The Labute approximate surface area is 112 Å². The zero-order valence-corrected chi connectivity index (χ0v) is 11.7. The summed E-state index contributed by atoms with van der Waals surface area (Å²) in [5, 5.41) is 0. The molecule has 0 bridgehead atoms. The molecule has 1 heterocycles. The van der Waals surface area contributed by atoms with E-state index < -0.39 is 30.3 Å². The topological polar surface area (TPSA) is 71.1 Å². The Morgan fingerprint density at radius 3 is 2.21 bits per heavy atom. The van der Waals surface area contributed by atoms with E-state index in [1.807, 2.05) is 0 Å². The Kier molecular flexibility index (Phi) is 5.35. The molecule has 1 fully saturated rings. The molecule has 1 aliphatic rings. The first kappa shape index (κ1) is 15.5. The minimum absolute atomic E-state index is 0.0215. The van der Waals surface area contributed by atoms with Crippen molar-refractivity contribution in [3.63, 3.8) is 0 Å². The SMILES string of the molecule is C=C(C)O[C@@H]1[C@@H](OC(C)=O)[C@@H](COC(C)=O)O[C@H]1C. The summed E-state index contributed by atoms with van der Waals surface area (Å²) in [4.78, 5) is 22.0. The molecule has 1 saturated heterocycles. The zero-order chi connectivity index (χ0) is 14.6. The molecule has 4 atom stereocenters. The van der Waals surface area contributed by atoms with Crippen molar-refractivity contribution in [2.75, 3.05) is 6.61 Å². The van der Waals surface area contributed by atoms with Crippen molar-refractivity contribution in [3.8, 4) is 0 Å². The van der Waals surface area contributed by atoms with Gasteiger partial charge in [0.25, 0.3) is 0 Å². The fraction of sp³-hybridized carbons (Fsp3) is 0.692. The quantitative estimate of drug-likeness (QED) is 0.553. The largest absolute Gasteiger partial charge is 0.489 e. The Balaban J connectivity index is 2.76. The first-order valence-electron chi connectivity index (χ1n) is 6.09. The third-order valence-corrected chi connectivity index (χ3v) is 2.63. The summed E-state index contributed by atoms with van der Waals surface area (Å²) in [6, 6.07) is 0. The number of hydrogen-bond acceptors (Lipinski definition) is 6. The van der Waals surface area contributed by atoms with Crippen molar-refractivity contribution in [2.24, 2.45) is 0 Å². The van der Waals surface area contributed by atoms with Gasteiger partial charge in [-0.25, -0.2) is 0 Å². The van der Waals surface area contributed by atoms with Gasteiger partial charge in [0, 0.05) is 13.8 Å². The fourth-order valence-corrected chi connectivity index (χ4v) is 1.97. The lowest BCUT2D eigenvalue weighted by Crippen LogP contribution is -2.39. The summed E-state index contributed by atoms with van der Waals surface area (Å²) in [6.45, 7) is 9.81. The zero-order valence-electron chi connectivity index (χ0n) is 11.7. The predicted octanol–water partition coefficient (Wildman–Crippen LogP) is 1.19. The molecule has 0 unspecified atom stereocenters. The first-order valence-corrected chi connectivity index (χ1v) is 6.09. The van der Waals surface area contributed by atoms with E-state index in [0.29, 0.717) is 5.76 Å². The Bertz CT molecular complexity index is 364. The number of ether oxygens (including phenoxy) is 4. The standard InChI is InChI=1S/C13H20O6/c1-7(2)17-12-8(3)18-11(6-16-9(4)14)13(12)19-10(5)15/h8,11-13H,1,6H2,2-5H3/t8-,11+,12-,13-/m0/s1. The highest BCUT2D eigenvalue weighted by Gasteiger charge is 2.46. The minimum Gasteiger partial charge on any atom is -0.489 e. The average Bonchev–Trinajstić information content (AvgIpc) is 2.53. The lowest BCUT2D eigenvalue weighted by Gasteiger charge is -2.23. The van der Waals surface area contributed by atoms with Crippen molar-refractivity contribution >= 4 is 11.9 Å². The van der Waals surface area contributed by atoms with Crippen LogP contribution in [0, 0.1) is 0 Å². The number of hydrogen-bond donors (Lipinski definition) is 0. The monoisotopic (exact) mass is 272 g/mol. The highest BCUT2D eigenvalue weighted by atomic mass is 16.6. The van der Waals surface area contributed by atoms with Gasteiger partial charge in [-0.3, -0.25) is 9.59 Å². The molecule has 0 aromatic carbocycles. The molecular weight excluding hydrogens is 252 g/mol. The van der Waals surface area contributed by atoms with E-state index in [9.17, 15) is 9.59 Å². The molecule has 108 valence electrons. The molecule has 1 rings (SSSR count). The molecule has 0 aromatic heterocycles. The first-order chi connectivity index (χ1) is 8.81. The number of rotatable bonds is 5. The molecule has 0 N–H and O–H groups in total. The maximum Gasteiger partial charge on any atom is 0.303 e. The van der Waals surface area contributed by atoms with Crippen molar-refractivity contribution in [2.45, 2.75) is 52.1 Å². The molecule has 6 nitrogen and oxygen atoms in total. The van der Waals surface area contributed by atoms with E-state index in [2.05, 4.69) is 6.58 Å². The van der Waals surface area contributed by atoms with Crippen molar-refractivity contribution in [1.29, 1.82) is 0 Å². The van der Waals surface area contributed by atoms with Gasteiger partial charge in [-0.2, -0.15) is 0 Å². The van der Waals surface area contributed by atoms with Gasteiger partial charge in [-0.1, -0.05) is 6.58 Å². The number of esters is 2. The van der Waals surface area contributed by atoms with Gasteiger partial charge in [-0.15, -0.1) is 0 Å². The van der Waals surface area contributed by atoms with Gasteiger partial charge >= 0.3 is 11.9 Å². The van der Waals surface area contributed by atoms with Crippen molar-refractivity contribution in [3.05, 3.63) is 12.3 Å². The Morgan fingerprint density at radius 2 is 1.74 bits per heavy atom. The van der Waals surface area contributed by atoms with Gasteiger partial charge in [0.2, 0.25) is 0 Å². The van der Waals surface area contributed by atoms with Gasteiger partial charge in [-0.05, 0) is 13.8 Å². The summed E-state index contributed by atoms with van der Waals surface area (Å²) in [5.74, 6) is -0.348. The molecule has 19 heavy (non-hydrogen) atoms. The van der Waals surface area contributed by atoms with E-state index in [1.54, 1.807) is 13.8 Å². The predicted molar refractivity (Wildman–Crippen MR) is 66.2 cm³/mol. The van der Waals surface area contributed by atoms with Crippen LogP contribution in [-0.2, 0) is 28.5 Å². The van der Waals surface area contributed by atoms with Crippen LogP contribution in [-0.4, -0.2) is 43.0 Å². The third-order valence-electron chi connectivity index (χ3n) is 2.63. The Hall–Kier alpha value is -1.56. The average molecular weight is 272 g/mol. The third kappa shape index (κ3) is 4.55. The molecule has 0 saturated carbocycles. The minimum atomic E-state index is -0.622. The van der Waals surface area contributed by atoms with Gasteiger partial charge < -0.3 is 18.9 Å². The molecule has 0 spiro atoms. The van der Waals surface area contributed by atoms with Crippen LogP contribution in [0.4, 0.5) is 0 Å². The van der Waals surface area contributed by atoms with Crippen LogP contribution in [0.3, 0.4) is 0 Å². The van der Waals surface area contributed by atoms with Crippen LogP contribution in [0.15, 0.2) is 12.3 Å². The molecule has 1 aliphatic heterocycles. The lowest BCUT2D eigenvalue weighted by atomic mass is 10.1. The number of allylic oxidation sites excluding steroid dienone is 1. The van der Waals surface area contributed by atoms with E-state index in [-0.39, 0.29) is 12.7 Å². The van der Waals surface area contributed by atoms with Crippen LogP contribution in [0.5, 0.6) is 0 Å². The van der Waals surface area contributed by atoms with Crippen LogP contribution in [0.2, 0.25) is 0 Å². The molecule has 0 radical (unpaired) electrons. The second-order valence-electron chi connectivity index (χ2n) is 4.54. The Morgan fingerprint density at radius 1 is 1.11 bits per heavy atom. The maximum atomic E-state index is 11.2. The van der Waals surface area contributed by atoms with Crippen LogP contribution in [0.25, 0.3) is 0 Å². The smallest absolute Gasteiger partial charge is 0.303 e. The van der Waals surface area contributed by atoms with Crippen LogP contribution < -0.4 is 0 Å².